The van der Waals surface area contributed by atoms with Crippen LogP contribution in [0.5, 0.6) is 0 Å². The molecule has 0 aromatic rings. The fourth-order valence-corrected chi connectivity index (χ4v) is 2.67. The van der Waals surface area contributed by atoms with Crippen LogP contribution in [0.1, 0.15) is 38.5 Å². The van der Waals surface area contributed by atoms with Gasteiger partial charge in [0, 0.05) is 18.5 Å². The highest BCUT2D eigenvalue weighted by Gasteiger charge is 2.37. The molecule has 4 nitrogen and oxygen atoms in total. The van der Waals surface area contributed by atoms with E-state index in [4.69, 9.17) is 4.74 Å². The Morgan fingerprint density at radius 2 is 2.21 bits per heavy atom. The molecule has 1 aliphatic heterocycles. The zero-order valence-corrected chi connectivity index (χ0v) is 8.42. The van der Waals surface area contributed by atoms with Gasteiger partial charge in [-0.2, -0.15) is 0 Å². The highest BCUT2D eigenvalue weighted by atomic mass is 16.5. The third-order valence-electron chi connectivity index (χ3n) is 3.36. The fraction of sp³-hybridized carbons (Fsp3) is 0.900. The Morgan fingerprint density at radius 1 is 1.36 bits per heavy atom. The molecule has 80 valence electrons. The first-order valence-corrected chi connectivity index (χ1v) is 5.44. The standard InChI is InChI=1S/C10H18N2O2/c13-8-14-9-3-1-4-10(7-9)5-2-6-11-12-10/h8-9,11-12H,1-7H2. The molecule has 14 heavy (non-hydrogen) atoms. The Balaban J connectivity index is 1.94. The number of ether oxygens (including phenoxy) is 1. The highest BCUT2D eigenvalue weighted by Crippen LogP contribution is 2.34. The van der Waals surface area contributed by atoms with Crippen molar-refractivity contribution in [1.82, 2.24) is 10.9 Å². The van der Waals surface area contributed by atoms with Gasteiger partial charge in [-0.1, -0.05) is 0 Å². The monoisotopic (exact) mass is 198 g/mol. The largest absolute Gasteiger partial charge is 0.465 e. The molecule has 1 saturated carbocycles. The van der Waals surface area contributed by atoms with Gasteiger partial charge in [0.1, 0.15) is 6.10 Å². The molecule has 2 unspecified atom stereocenters. The van der Waals surface area contributed by atoms with Gasteiger partial charge in [0.15, 0.2) is 0 Å². The molecule has 0 amide bonds. The molecular weight excluding hydrogens is 180 g/mol. The van der Waals surface area contributed by atoms with Crippen molar-refractivity contribution in [3.8, 4) is 0 Å². The molecule has 2 rings (SSSR count). The van der Waals surface area contributed by atoms with Crippen LogP contribution in [0.4, 0.5) is 0 Å². The smallest absolute Gasteiger partial charge is 0.293 e. The summed E-state index contributed by atoms with van der Waals surface area (Å²) in [5.41, 5.74) is 6.78. The van der Waals surface area contributed by atoms with E-state index in [0.29, 0.717) is 6.47 Å². The van der Waals surface area contributed by atoms with Gasteiger partial charge >= 0.3 is 0 Å². The van der Waals surface area contributed by atoms with Crippen molar-refractivity contribution in [1.29, 1.82) is 0 Å². The molecule has 2 aliphatic rings. The maximum absolute atomic E-state index is 10.3. The minimum absolute atomic E-state index is 0.119. The average Bonchev–Trinajstić information content (AvgIpc) is 2.19. The summed E-state index contributed by atoms with van der Waals surface area (Å²) in [4.78, 5) is 10.3. The van der Waals surface area contributed by atoms with Crippen LogP contribution >= 0.6 is 0 Å². The maximum Gasteiger partial charge on any atom is 0.293 e. The molecule has 2 fully saturated rings. The van der Waals surface area contributed by atoms with Crippen LogP contribution in [-0.4, -0.2) is 24.7 Å². The Bertz CT molecular complexity index is 197. The second-order valence-electron chi connectivity index (χ2n) is 4.39. The molecule has 0 radical (unpaired) electrons. The van der Waals surface area contributed by atoms with Gasteiger partial charge in [-0.25, -0.2) is 0 Å². The van der Waals surface area contributed by atoms with E-state index in [2.05, 4.69) is 10.9 Å². The minimum Gasteiger partial charge on any atom is -0.465 e. The van der Waals surface area contributed by atoms with Crippen LogP contribution < -0.4 is 10.9 Å². The number of carbonyl (C=O) groups is 1. The maximum atomic E-state index is 10.3. The van der Waals surface area contributed by atoms with Crippen LogP contribution in [0, 0.1) is 0 Å². The van der Waals surface area contributed by atoms with Crippen molar-refractivity contribution < 1.29 is 9.53 Å². The first-order valence-electron chi connectivity index (χ1n) is 5.44. The van der Waals surface area contributed by atoms with Crippen molar-refractivity contribution in [2.45, 2.75) is 50.2 Å². The second-order valence-corrected chi connectivity index (χ2v) is 4.39. The fourth-order valence-electron chi connectivity index (χ4n) is 2.67. The summed E-state index contributed by atoms with van der Waals surface area (Å²) in [7, 11) is 0. The number of hydrogen-bond donors (Lipinski definition) is 2. The van der Waals surface area contributed by atoms with E-state index >= 15 is 0 Å². The Morgan fingerprint density at radius 3 is 2.93 bits per heavy atom. The first-order chi connectivity index (χ1) is 6.85. The van der Waals surface area contributed by atoms with Crippen LogP contribution in [0.25, 0.3) is 0 Å². The summed E-state index contributed by atoms with van der Waals surface area (Å²) in [6.45, 7) is 1.63. The number of rotatable bonds is 2. The van der Waals surface area contributed by atoms with E-state index < -0.39 is 0 Å². The SMILES string of the molecule is O=COC1CCCC2(CCCNN2)C1. The van der Waals surface area contributed by atoms with Crippen LogP contribution in [-0.2, 0) is 9.53 Å². The number of carbonyl (C=O) groups excluding carboxylic acids is 1. The lowest BCUT2D eigenvalue weighted by Crippen LogP contribution is -2.59. The molecule has 0 bridgehead atoms. The van der Waals surface area contributed by atoms with Gasteiger partial charge in [0.2, 0.25) is 0 Å². The number of hydrazine groups is 1. The zero-order valence-electron chi connectivity index (χ0n) is 8.42. The zero-order chi connectivity index (χ0) is 9.86. The summed E-state index contributed by atoms with van der Waals surface area (Å²) in [5, 5.41) is 0. The summed E-state index contributed by atoms with van der Waals surface area (Å²) < 4.78 is 5.06. The van der Waals surface area contributed by atoms with E-state index in [1.54, 1.807) is 0 Å². The van der Waals surface area contributed by atoms with Crippen molar-refractivity contribution in [2.24, 2.45) is 0 Å². The van der Waals surface area contributed by atoms with Gasteiger partial charge in [0.05, 0.1) is 0 Å². The summed E-state index contributed by atoms with van der Waals surface area (Å²) in [6, 6.07) is 0. The van der Waals surface area contributed by atoms with Crippen molar-refractivity contribution in [3.63, 3.8) is 0 Å². The Hall–Kier alpha value is -0.610. The minimum atomic E-state index is 0.119. The van der Waals surface area contributed by atoms with Gasteiger partial charge < -0.3 is 4.74 Å². The van der Waals surface area contributed by atoms with E-state index in [1.165, 1.54) is 19.3 Å². The molecule has 1 aliphatic carbocycles. The lowest BCUT2D eigenvalue weighted by atomic mass is 9.77. The topological polar surface area (TPSA) is 50.4 Å². The summed E-state index contributed by atoms with van der Waals surface area (Å²) in [5.74, 6) is 0. The van der Waals surface area contributed by atoms with Gasteiger partial charge in [-0.05, 0) is 32.1 Å². The molecule has 1 saturated heterocycles. The normalized spacial score (nSPS) is 38.1. The molecule has 2 atom stereocenters. The molecule has 2 N–H and O–H groups in total. The molecular formula is C10H18N2O2. The van der Waals surface area contributed by atoms with E-state index in [0.717, 1.165) is 25.8 Å². The molecule has 1 spiro atoms. The van der Waals surface area contributed by atoms with Gasteiger partial charge in [-0.15, -0.1) is 0 Å². The van der Waals surface area contributed by atoms with Gasteiger partial charge in [-0.3, -0.25) is 15.6 Å². The predicted octanol–water partition coefficient (Wildman–Crippen LogP) is 0.729. The van der Waals surface area contributed by atoms with Gasteiger partial charge in [0.25, 0.3) is 6.47 Å². The predicted molar refractivity (Wildman–Crippen MR) is 52.5 cm³/mol. The van der Waals surface area contributed by atoms with Crippen molar-refractivity contribution in [2.75, 3.05) is 6.54 Å². The highest BCUT2D eigenvalue weighted by molar-refractivity contribution is 5.37. The number of hydrogen-bond acceptors (Lipinski definition) is 4. The van der Waals surface area contributed by atoms with Crippen molar-refractivity contribution >= 4 is 6.47 Å². The van der Waals surface area contributed by atoms with E-state index in [-0.39, 0.29) is 11.6 Å². The lowest BCUT2D eigenvalue weighted by Gasteiger charge is -2.43. The Kier molecular flexibility index (Phi) is 3.03. The van der Waals surface area contributed by atoms with E-state index in [1.807, 2.05) is 0 Å². The van der Waals surface area contributed by atoms with Crippen LogP contribution in [0.15, 0.2) is 0 Å². The lowest BCUT2D eigenvalue weighted by molar-refractivity contribution is -0.136. The quantitative estimate of drug-likeness (QED) is 0.642. The first kappa shape index (κ1) is 9.93. The Labute approximate surface area is 84.4 Å². The third-order valence-corrected chi connectivity index (χ3v) is 3.36. The van der Waals surface area contributed by atoms with Crippen molar-refractivity contribution in [3.05, 3.63) is 0 Å². The third kappa shape index (κ3) is 2.07. The summed E-state index contributed by atoms with van der Waals surface area (Å²) in [6.07, 6.45) is 6.83. The molecule has 0 aromatic carbocycles. The van der Waals surface area contributed by atoms with Crippen LogP contribution in [0.2, 0.25) is 0 Å². The van der Waals surface area contributed by atoms with Crippen LogP contribution in [0.3, 0.4) is 0 Å². The molecule has 1 heterocycles. The summed E-state index contributed by atoms with van der Waals surface area (Å²) >= 11 is 0. The number of nitrogens with one attached hydrogen (secondary N) is 2. The molecule has 4 heteroatoms. The average molecular weight is 198 g/mol. The molecule has 0 aromatic heterocycles. The second kappa shape index (κ2) is 4.28. The van der Waals surface area contributed by atoms with E-state index in [9.17, 15) is 4.79 Å².